The molecule has 3 rings (SSSR count). The van der Waals surface area contributed by atoms with E-state index in [0.717, 1.165) is 5.57 Å². The number of hydrogen-bond acceptors (Lipinski definition) is 6. The van der Waals surface area contributed by atoms with Crippen molar-refractivity contribution >= 4 is 18.0 Å². The molecule has 3 aliphatic heterocycles. The fourth-order valence-electron chi connectivity index (χ4n) is 4.61. The molecule has 0 bridgehead atoms. The SMILES string of the molecule is C=CCOC(=O)C1=C(C2C[C@@H](C)N(C(=O)OCC=C)C2)C[C@@H]2[C@@H]([C@@H](C)O)C(=O)N12. The van der Waals surface area contributed by atoms with Crippen LogP contribution in [0.3, 0.4) is 0 Å². The van der Waals surface area contributed by atoms with E-state index in [1.165, 1.54) is 17.1 Å². The van der Waals surface area contributed by atoms with Gasteiger partial charge < -0.3 is 24.4 Å². The molecule has 0 spiro atoms. The van der Waals surface area contributed by atoms with Crippen molar-refractivity contribution in [3.63, 3.8) is 0 Å². The summed E-state index contributed by atoms with van der Waals surface area (Å²) in [5.41, 5.74) is 1.07. The highest BCUT2D eigenvalue weighted by Gasteiger charge is 2.58. The number of ether oxygens (including phenoxy) is 2. The van der Waals surface area contributed by atoms with Crippen LogP contribution in [-0.2, 0) is 19.1 Å². The normalized spacial score (nSPS) is 29.3. The Morgan fingerprint density at radius 1 is 1.28 bits per heavy atom. The maximum Gasteiger partial charge on any atom is 0.410 e. The van der Waals surface area contributed by atoms with Crippen LogP contribution < -0.4 is 0 Å². The molecule has 0 radical (unpaired) electrons. The molecule has 0 aromatic rings. The highest BCUT2D eigenvalue weighted by atomic mass is 16.6. The third-order valence-corrected chi connectivity index (χ3v) is 5.91. The average Bonchev–Trinajstić information content (AvgIpc) is 3.22. The summed E-state index contributed by atoms with van der Waals surface area (Å²) in [7, 11) is 0. The van der Waals surface area contributed by atoms with Crippen LogP contribution in [0.2, 0.25) is 0 Å². The number of β-lactam (4-membered cyclic amide) rings is 1. The van der Waals surface area contributed by atoms with Crippen LogP contribution in [-0.4, -0.2) is 70.8 Å². The van der Waals surface area contributed by atoms with Gasteiger partial charge in [0.25, 0.3) is 0 Å². The van der Waals surface area contributed by atoms with Gasteiger partial charge in [0.2, 0.25) is 5.91 Å². The third kappa shape index (κ3) is 3.69. The third-order valence-electron chi connectivity index (χ3n) is 5.91. The minimum Gasteiger partial charge on any atom is -0.457 e. The minimum absolute atomic E-state index is 0.0449. The van der Waals surface area contributed by atoms with Crippen LogP contribution in [0.4, 0.5) is 4.79 Å². The van der Waals surface area contributed by atoms with E-state index in [9.17, 15) is 19.5 Å². The molecule has 8 nitrogen and oxygen atoms in total. The van der Waals surface area contributed by atoms with Crippen molar-refractivity contribution in [3.05, 3.63) is 36.6 Å². The Bertz CT molecular complexity index is 758. The van der Waals surface area contributed by atoms with E-state index in [2.05, 4.69) is 13.2 Å². The molecule has 0 saturated carbocycles. The maximum absolute atomic E-state index is 12.7. The molecule has 0 aliphatic carbocycles. The van der Waals surface area contributed by atoms with E-state index in [1.807, 2.05) is 6.92 Å². The summed E-state index contributed by atoms with van der Waals surface area (Å²) in [6.07, 6.45) is 2.92. The fraction of sp³-hybridized carbons (Fsp3) is 0.571. The number of amides is 2. The van der Waals surface area contributed by atoms with Gasteiger partial charge in [0.15, 0.2) is 0 Å². The summed E-state index contributed by atoms with van der Waals surface area (Å²) in [4.78, 5) is 40.7. The van der Waals surface area contributed by atoms with E-state index < -0.39 is 24.1 Å². The second-order valence-corrected chi connectivity index (χ2v) is 7.81. The van der Waals surface area contributed by atoms with Crippen molar-refractivity contribution in [2.24, 2.45) is 11.8 Å². The summed E-state index contributed by atoms with van der Waals surface area (Å²) in [6.45, 7) is 11.2. The lowest BCUT2D eigenvalue weighted by atomic mass is 9.81. The molecular weight excluding hydrogens is 376 g/mol. The van der Waals surface area contributed by atoms with Crippen molar-refractivity contribution in [1.29, 1.82) is 0 Å². The number of fused-ring (bicyclic) bond motifs is 1. The smallest absolute Gasteiger partial charge is 0.410 e. The number of hydrogen-bond donors (Lipinski definition) is 1. The molecular formula is C21H28N2O6. The Balaban J connectivity index is 1.85. The fourth-order valence-corrected chi connectivity index (χ4v) is 4.61. The highest BCUT2D eigenvalue weighted by molar-refractivity contribution is 6.00. The molecule has 8 heteroatoms. The molecule has 3 aliphatic rings. The summed E-state index contributed by atoms with van der Waals surface area (Å²) in [5, 5.41) is 9.97. The number of carbonyl (C=O) groups excluding carboxylic acids is 3. The van der Waals surface area contributed by atoms with E-state index in [0.29, 0.717) is 19.4 Å². The zero-order valence-corrected chi connectivity index (χ0v) is 16.9. The number of carbonyl (C=O) groups is 3. The summed E-state index contributed by atoms with van der Waals surface area (Å²) in [5.74, 6) is -1.44. The maximum atomic E-state index is 12.7. The molecule has 1 unspecified atom stereocenters. The molecule has 3 heterocycles. The molecule has 2 saturated heterocycles. The van der Waals surface area contributed by atoms with Crippen LogP contribution in [0.5, 0.6) is 0 Å². The Morgan fingerprint density at radius 3 is 2.55 bits per heavy atom. The Morgan fingerprint density at radius 2 is 1.93 bits per heavy atom. The Hall–Kier alpha value is -2.61. The van der Waals surface area contributed by atoms with Crippen molar-refractivity contribution in [2.45, 2.75) is 44.9 Å². The van der Waals surface area contributed by atoms with Gasteiger partial charge in [-0.25, -0.2) is 9.59 Å². The number of likely N-dealkylation sites (tertiary alicyclic amines) is 1. The lowest BCUT2D eigenvalue weighted by Gasteiger charge is -2.44. The summed E-state index contributed by atoms with van der Waals surface area (Å²) in [6, 6.07) is -0.312. The van der Waals surface area contributed by atoms with Crippen molar-refractivity contribution in [3.8, 4) is 0 Å². The molecule has 2 fully saturated rings. The first-order chi connectivity index (χ1) is 13.8. The molecule has 158 valence electrons. The largest absolute Gasteiger partial charge is 0.457 e. The second-order valence-electron chi connectivity index (χ2n) is 7.81. The van der Waals surface area contributed by atoms with Gasteiger partial charge in [0, 0.05) is 18.5 Å². The van der Waals surface area contributed by atoms with E-state index in [4.69, 9.17) is 9.47 Å². The van der Waals surface area contributed by atoms with Crippen LogP contribution in [0.1, 0.15) is 26.7 Å². The number of esters is 1. The highest BCUT2D eigenvalue weighted by Crippen LogP contribution is 2.48. The van der Waals surface area contributed by atoms with Crippen molar-refractivity contribution in [2.75, 3.05) is 19.8 Å². The van der Waals surface area contributed by atoms with Gasteiger partial charge in [0.1, 0.15) is 18.9 Å². The molecule has 1 N–H and O–H groups in total. The predicted molar refractivity (Wildman–Crippen MR) is 104 cm³/mol. The first-order valence-corrected chi connectivity index (χ1v) is 9.88. The van der Waals surface area contributed by atoms with Gasteiger partial charge in [-0.3, -0.25) is 4.79 Å². The topological polar surface area (TPSA) is 96.4 Å². The van der Waals surface area contributed by atoms with Crippen molar-refractivity contribution < 1.29 is 29.0 Å². The Labute approximate surface area is 170 Å². The van der Waals surface area contributed by atoms with Gasteiger partial charge in [-0.05, 0) is 32.3 Å². The molecule has 2 amide bonds. The van der Waals surface area contributed by atoms with Crippen LogP contribution >= 0.6 is 0 Å². The predicted octanol–water partition coefficient (Wildman–Crippen LogP) is 1.61. The Kier molecular flexibility index (Phi) is 6.12. The first kappa shape index (κ1) is 21.1. The molecule has 29 heavy (non-hydrogen) atoms. The number of aliphatic hydroxyl groups is 1. The monoisotopic (exact) mass is 404 g/mol. The van der Waals surface area contributed by atoms with Crippen LogP contribution in [0.15, 0.2) is 36.6 Å². The zero-order chi connectivity index (χ0) is 21.3. The second kappa shape index (κ2) is 8.41. The average molecular weight is 404 g/mol. The summed E-state index contributed by atoms with van der Waals surface area (Å²) < 4.78 is 10.4. The van der Waals surface area contributed by atoms with Crippen LogP contribution in [0.25, 0.3) is 0 Å². The first-order valence-electron chi connectivity index (χ1n) is 9.88. The van der Waals surface area contributed by atoms with Gasteiger partial charge in [-0.1, -0.05) is 25.3 Å². The number of rotatable bonds is 7. The van der Waals surface area contributed by atoms with Gasteiger partial charge in [-0.15, -0.1) is 0 Å². The number of aliphatic hydroxyl groups excluding tert-OH is 1. The standard InChI is InChI=1S/C21H28N2O6/c1-5-7-28-20(26)18-15(10-16-17(13(4)24)19(25)23(16)18)14-9-12(3)22(11-14)21(27)29-8-6-2/h5-6,12-14,16-17,24H,1-2,7-11H2,3-4H3/t12-,13-,14?,16-,17-/m1/s1. The van der Waals surface area contributed by atoms with Crippen LogP contribution in [0, 0.1) is 11.8 Å². The van der Waals surface area contributed by atoms with Gasteiger partial charge in [0.05, 0.1) is 18.1 Å². The van der Waals surface area contributed by atoms with E-state index in [1.54, 1.807) is 11.8 Å². The molecule has 0 aromatic carbocycles. The lowest BCUT2D eigenvalue weighted by molar-refractivity contribution is -0.162. The molecule has 0 aromatic heterocycles. The lowest BCUT2D eigenvalue weighted by Crippen LogP contribution is -2.61. The van der Waals surface area contributed by atoms with Crippen molar-refractivity contribution in [1.82, 2.24) is 9.80 Å². The van der Waals surface area contributed by atoms with E-state index in [-0.39, 0.29) is 42.8 Å². The molecule has 5 atom stereocenters. The van der Waals surface area contributed by atoms with E-state index >= 15 is 0 Å². The number of nitrogens with zero attached hydrogens (tertiary/aromatic N) is 2. The quantitative estimate of drug-likeness (QED) is 0.393. The van der Waals surface area contributed by atoms with Gasteiger partial charge >= 0.3 is 12.1 Å². The summed E-state index contributed by atoms with van der Waals surface area (Å²) >= 11 is 0. The zero-order valence-electron chi connectivity index (χ0n) is 16.9. The minimum atomic E-state index is -0.790. The van der Waals surface area contributed by atoms with Gasteiger partial charge in [-0.2, -0.15) is 0 Å².